The van der Waals surface area contributed by atoms with Crippen LogP contribution in [0.1, 0.15) is 24.4 Å². The molecule has 0 saturated carbocycles. The van der Waals surface area contributed by atoms with Crippen molar-refractivity contribution in [3.63, 3.8) is 0 Å². The fourth-order valence-electron chi connectivity index (χ4n) is 1.54. The van der Waals surface area contributed by atoms with Crippen LogP contribution >= 0.6 is 0 Å². The van der Waals surface area contributed by atoms with Gasteiger partial charge in [-0.05, 0) is 31.6 Å². The maximum Gasteiger partial charge on any atom is 0.326 e. The van der Waals surface area contributed by atoms with Crippen LogP contribution in [-0.4, -0.2) is 36.1 Å². The number of ether oxygens (including phenoxy) is 1. The molecule has 0 spiro atoms. The molecule has 1 aromatic heterocycles. The second-order valence-corrected chi connectivity index (χ2v) is 4.30. The largest absolute Gasteiger partial charge is 0.480 e. The van der Waals surface area contributed by atoms with Gasteiger partial charge in [0.25, 0.3) is 0 Å². The van der Waals surface area contributed by atoms with Crippen molar-refractivity contribution in [2.75, 3.05) is 7.11 Å². The number of aryl methyl sites for hydroxylation is 1. The Labute approximate surface area is 121 Å². The van der Waals surface area contributed by atoms with Crippen molar-refractivity contribution in [1.82, 2.24) is 5.32 Å². The molecule has 114 valence electrons. The molecule has 1 rings (SSSR count). The number of nitrogens with one attached hydrogen (secondary N) is 1. The summed E-state index contributed by atoms with van der Waals surface area (Å²) < 4.78 is 9.66. The van der Waals surface area contributed by atoms with Crippen LogP contribution in [-0.2, 0) is 19.1 Å². The van der Waals surface area contributed by atoms with E-state index < -0.39 is 23.9 Å². The van der Waals surface area contributed by atoms with Crippen LogP contribution in [0.2, 0.25) is 0 Å². The number of hydrogen-bond donors (Lipinski definition) is 2. The molecule has 1 aromatic rings. The summed E-state index contributed by atoms with van der Waals surface area (Å²) in [6.07, 6.45) is 2.48. The van der Waals surface area contributed by atoms with Gasteiger partial charge in [0.2, 0.25) is 5.91 Å². The third-order valence-electron chi connectivity index (χ3n) is 2.64. The smallest absolute Gasteiger partial charge is 0.326 e. The quantitative estimate of drug-likeness (QED) is 0.577. The Bertz CT molecular complexity index is 545. The Morgan fingerprint density at radius 2 is 2.14 bits per heavy atom. The minimum atomic E-state index is -1.21. The van der Waals surface area contributed by atoms with E-state index >= 15 is 0 Å². The highest BCUT2D eigenvalue weighted by molar-refractivity contribution is 5.94. The first-order chi connectivity index (χ1) is 9.92. The van der Waals surface area contributed by atoms with Crippen LogP contribution in [0.15, 0.2) is 22.6 Å². The zero-order valence-corrected chi connectivity index (χ0v) is 11.8. The molecule has 0 aliphatic carbocycles. The monoisotopic (exact) mass is 295 g/mol. The molecule has 1 unspecified atom stereocenters. The zero-order valence-electron chi connectivity index (χ0n) is 11.8. The number of aliphatic carboxylic acids is 1. The Balaban J connectivity index is 2.54. The van der Waals surface area contributed by atoms with Crippen molar-refractivity contribution in [1.29, 1.82) is 0 Å². The number of carbonyl (C=O) groups is 3. The predicted octanol–water partition coefficient (Wildman–Crippen LogP) is 1.12. The van der Waals surface area contributed by atoms with E-state index in [-0.39, 0.29) is 12.8 Å². The lowest BCUT2D eigenvalue weighted by atomic mass is 10.1. The third kappa shape index (κ3) is 5.94. The highest BCUT2D eigenvalue weighted by Gasteiger charge is 2.20. The van der Waals surface area contributed by atoms with Gasteiger partial charge >= 0.3 is 11.9 Å². The van der Waals surface area contributed by atoms with Gasteiger partial charge in [-0.2, -0.15) is 0 Å². The van der Waals surface area contributed by atoms with Crippen LogP contribution in [0.25, 0.3) is 6.08 Å². The molecule has 1 amide bonds. The van der Waals surface area contributed by atoms with Gasteiger partial charge in [-0.15, -0.1) is 0 Å². The Kier molecular flexibility index (Phi) is 6.19. The molecule has 7 heteroatoms. The average molecular weight is 295 g/mol. The summed E-state index contributed by atoms with van der Waals surface area (Å²) in [5.41, 5.74) is 0. The van der Waals surface area contributed by atoms with E-state index in [0.29, 0.717) is 11.5 Å². The van der Waals surface area contributed by atoms with E-state index in [4.69, 9.17) is 9.52 Å². The van der Waals surface area contributed by atoms with E-state index in [1.165, 1.54) is 19.3 Å². The molecule has 7 nitrogen and oxygen atoms in total. The summed E-state index contributed by atoms with van der Waals surface area (Å²) in [6.45, 7) is 1.77. The normalized spacial score (nSPS) is 12.1. The second kappa shape index (κ2) is 7.88. The maximum absolute atomic E-state index is 11.6. The first kappa shape index (κ1) is 16.5. The molecule has 0 aromatic carbocycles. The summed E-state index contributed by atoms with van der Waals surface area (Å²) >= 11 is 0. The van der Waals surface area contributed by atoms with Crippen molar-refractivity contribution in [3.8, 4) is 0 Å². The Hall–Kier alpha value is -2.57. The molecule has 0 aliphatic rings. The predicted molar refractivity (Wildman–Crippen MR) is 73.3 cm³/mol. The van der Waals surface area contributed by atoms with Gasteiger partial charge in [0.05, 0.1) is 7.11 Å². The van der Waals surface area contributed by atoms with Gasteiger partial charge in [0.1, 0.15) is 17.6 Å². The fourth-order valence-corrected chi connectivity index (χ4v) is 1.54. The third-order valence-corrected chi connectivity index (χ3v) is 2.64. The summed E-state index contributed by atoms with van der Waals surface area (Å²) in [6, 6.07) is 2.28. The van der Waals surface area contributed by atoms with Crippen molar-refractivity contribution in [2.45, 2.75) is 25.8 Å². The summed E-state index contributed by atoms with van der Waals surface area (Å²) in [7, 11) is 1.21. The number of esters is 1. The van der Waals surface area contributed by atoms with Crippen molar-refractivity contribution < 1.29 is 28.6 Å². The van der Waals surface area contributed by atoms with Crippen LogP contribution in [0.3, 0.4) is 0 Å². The van der Waals surface area contributed by atoms with Crippen LogP contribution in [0.5, 0.6) is 0 Å². The molecule has 0 fully saturated rings. The van der Waals surface area contributed by atoms with Crippen molar-refractivity contribution >= 4 is 23.9 Å². The topological polar surface area (TPSA) is 106 Å². The van der Waals surface area contributed by atoms with E-state index in [9.17, 15) is 14.4 Å². The number of carboxylic acid groups (broad SMARTS) is 1. The van der Waals surface area contributed by atoms with Crippen LogP contribution in [0, 0.1) is 6.92 Å². The van der Waals surface area contributed by atoms with Gasteiger partial charge in [-0.25, -0.2) is 4.79 Å². The lowest BCUT2D eigenvalue weighted by Gasteiger charge is -2.12. The highest BCUT2D eigenvalue weighted by atomic mass is 16.5. The number of rotatable bonds is 7. The average Bonchev–Trinajstić information content (AvgIpc) is 2.86. The number of carbonyl (C=O) groups excluding carboxylic acids is 2. The molecule has 21 heavy (non-hydrogen) atoms. The molecule has 2 N–H and O–H groups in total. The van der Waals surface area contributed by atoms with Gasteiger partial charge in [0, 0.05) is 12.5 Å². The Morgan fingerprint density at radius 3 is 2.67 bits per heavy atom. The number of hydrogen-bond acceptors (Lipinski definition) is 5. The standard InChI is InChI=1S/C14H17NO6/c1-9-3-4-10(21-9)5-7-12(16)15-11(14(18)19)6-8-13(17)20-2/h3-5,7,11H,6,8H2,1-2H3,(H,15,16)(H,18,19)/b7-5+. The molecular formula is C14H17NO6. The minimum Gasteiger partial charge on any atom is -0.480 e. The molecule has 0 radical (unpaired) electrons. The van der Waals surface area contributed by atoms with Gasteiger partial charge in [0.15, 0.2) is 0 Å². The lowest BCUT2D eigenvalue weighted by Crippen LogP contribution is -2.40. The fraction of sp³-hybridized carbons (Fsp3) is 0.357. The zero-order chi connectivity index (χ0) is 15.8. The number of carboxylic acids is 1. The van der Waals surface area contributed by atoms with Crippen LogP contribution in [0.4, 0.5) is 0 Å². The lowest BCUT2D eigenvalue weighted by molar-refractivity contribution is -0.143. The van der Waals surface area contributed by atoms with E-state index in [1.807, 2.05) is 0 Å². The van der Waals surface area contributed by atoms with Crippen molar-refractivity contribution in [2.24, 2.45) is 0 Å². The summed E-state index contributed by atoms with van der Waals surface area (Å²) in [5.74, 6) is -1.13. The first-order valence-electron chi connectivity index (χ1n) is 6.27. The second-order valence-electron chi connectivity index (χ2n) is 4.30. The summed E-state index contributed by atoms with van der Waals surface area (Å²) in [5, 5.41) is 11.3. The van der Waals surface area contributed by atoms with E-state index in [1.54, 1.807) is 19.1 Å². The molecule has 0 aliphatic heterocycles. The van der Waals surface area contributed by atoms with Crippen LogP contribution < -0.4 is 5.32 Å². The van der Waals surface area contributed by atoms with Crippen molar-refractivity contribution in [3.05, 3.63) is 29.7 Å². The first-order valence-corrected chi connectivity index (χ1v) is 6.27. The van der Waals surface area contributed by atoms with Gasteiger partial charge < -0.3 is 19.6 Å². The summed E-state index contributed by atoms with van der Waals surface area (Å²) in [4.78, 5) is 33.6. The number of methoxy groups -OCH3 is 1. The number of furan rings is 1. The Morgan fingerprint density at radius 1 is 1.43 bits per heavy atom. The molecule has 0 saturated heterocycles. The molecule has 1 atom stereocenters. The SMILES string of the molecule is COC(=O)CCC(NC(=O)/C=C/c1ccc(C)o1)C(=O)O. The molecule has 0 bridgehead atoms. The highest BCUT2D eigenvalue weighted by Crippen LogP contribution is 2.08. The molecular weight excluding hydrogens is 278 g/mol. The maximum atomic E-state index is 11.6. The van der Waals surface area contributed by atoms with Gasteiger partial charge in [-0.3, -0.25) is 9.59 Å². The number of amides is 1. The van der Waals surface area contributed by atoms with Gasteiger partial charge in [-0.1, -0.05) is 0 Å². The van der Waals surface area contributed by atoms with E-state index in [2.05, 4.69) is 10.1 Å². The van der Waals surface area contributed by atoms with E-state index in [0.717, 1.165) is 0 Å². The minimum absolute atomic E-state index is 0.0402. The molecule has 1 heterocycles.